The van der Waals surface area contributed by atoms with Gasteiger partial charge in [-0.2, -0.15) is 0 Å². The summed E-state index contributed by atoms with van der Waals surface area (Å²) < 4.78 is 0. The monoisotopic (exact) mass is 669 g/mol. The van der Waals surface area contributed by atoms with Crippen LogP contribution in [-0.4, -0.2) is 59.7 Å². The van der Waals surface area contributed by atoms with Gasteiger partial charge in [0.1, 0.15) is 6.04 Å². The van der Waals surface area contributed by atoms with Gasteiger partial charge in [0.15, 0.2) is 0 Å². The summed E-state index contributed by atoms with van der Waals surface area (Å²) in [4.78, 5) is 55.2. The first kappa shape index (κ1) is 38.9. The number of hydrogen-bond acceptors (Lipinski definition) is 5. The SMILES string of the molecule is CCCN(CCC)C(=O)c1cccc(C(=O)N[C@@H](Cc2ccc(C)cc2)[C@@H](N)C[C@@H](C)C(=O)N[C@H](C(=O)NCc2ccccc2)C(C)C)c1. The van der Waals surface area contributed by atoms with E-state index in [-0.39, 0.29) is 36.0 Å². The van der Waals surface area contributed by atoms with Crippen LogP contribution >= 0.6 is 0 Å². The van der Waals surface area contributed by atoms with E-state index in [1.165, 1.54) is 0 Å². The molecule has 49 heavy (non-hydrogen) atoms. The first-order chi connectivity index (χ1) is 23.4. The third-order valence-electron chi connectivity index (χ3n) is 8.69. The molecule has 0 radical (unpaired) electrons. The summed E-state index contributed by atoms with van der Waals surface area (Å²) in [6, 6.07) is 22.6. The van der Waals surface area contributed by atoms with Crippen molar-refractivity contribution in [2.75, 3.05) is 13.1 Å². The van der Waals surface area contributed by atoms with Crippen molar-refractivity contribution < 1.29 is 19.2 Å². The lowest BCUT2D eigenvalue weighted by Gasteiger charge is -2.29. The molecule has 264 valence electrons. The quantitative estimate of drug-likeness (QED) is 0.144. The molecule has 0 saturated heterocycles. The van der Waals surface area contributed by atoms with E-state index in [1.807, 2.05) is 94.1 Å². The minimum atomic E-state index is -0.710. The molecule has 0 fully saturated rings. The minimum absolute atomic E-state index is 0.0976. The Morgan fingerprint density at radius 3 is 2.00 bits per heavy atom. The van der Waals surface area contributed by atoms with E-state index in [0.29, 0.717) is 37.2 Å². The van der Waals surface area contributed by atoms with Crippen molar-refractivity contribution in [3.05, 3.63) is 107 Å². The molecular formula is C40H55N5O4. The Balaban J connectivity index is 1.73. The predicted octanol–water partition coefficient (Wildman–Crippen LogP) is 5.41. The molecule has 4 atom stereocenters. The molecule has 3 aromatic rings. The molecule has 9 heteroatoms. The molecular weight excluding hydrogens is 614 g/mol. The summed E-state index contributed by atoms with van der Waals surface area (Å²) in [6.07, 6.45) is 2.43. The number of benzene rings is 3. The van der Waals surface area contributed by atoms with Crippen molar-refractivity contribution >= 4 is 23.6 Å². The normalized spacial score (nSPS) is 13.6. The average molecular weight is 670 g/mol. The largest absolute Gasteiger partial charge is 0.350 e. The Hall–Kier alpha value is -4.50. The second kappa shape index (κ2) is 19.5. The van der Waals surface area contributed by atoms with E-state index in [2.05, 4.69) is 16.0 Å². The lowest BCUT2D eigenvalue weighted by Crippen LogP contribution is -2.53. The van der Waals surface area contributed by atoms with Gasteiger partial charge in [-0.3, -0.25) is 19.2 Å². The summed E-state index contributed by atoms with van der Waals surface area (Å²) >= 11 is 0. The summed E-state index contributed by atoms with van der Waals surface area (Å²) in [6.45, 7) is 13.3. The molecule has 0 aliphatic rings. The highest BCUT2D eigenvalue weighted by molar-refractivity contribution is 5.99. The van der Waals surface area contributed by atoms with Crippen molar-refractivity contribution in [2.45, 2.75) is 91.9 Å². The highest BCUT2D eigenvalue weighted by Crippen LogP contribution is 2.16. The van der Waals surface area contributed by atoms with E-state index in [4.69, 9.17) is 5.73 Å². The van der Waals surface area contributed by atoms with E-state index in [1.54, 1.807) is 31.2 Å². The molecule has 0 heterocycles. The van der Waals surface area contributed by atoms with Gasteiger partial charge in [0.2, 0.25) is 11.8 Å². The van der Waals surface area contributed by atoms with Gasteiger partial charge in [-0.1, -0.05) is 101 Å². The maximum atomic E-state index is 13.7. The van der Waals surface area contributed by atoms with E-state index in [0.717, 1.165) is 29.5 Å². The standard InChI is InChI=1S/C40H55N5O4/c1-7-21-45(22-8-2)40(49)33-16-12-15-32(25-33)38(47)43-35(24-30-19-17-28(5)18-20-30)34(41)23-29(6)37(46)44-36(27(3)4)39(48)42-26-31-13-10-9-11-14-31/h9-20,25,27,29,34-36H,7-8,21-24,26,41H2,1-6H3,(H,42,48)(H,43,47)(H,44,46)/t29-,34+,35+,36+/m1/s1. The van der Waals surface area contributed by atoms with Crippen LogP contribution in [0, 0.1) is 18.8 Å². The first-order valence-electron chi connectivity index (χ1n) is 17.6. The van der Waals surface area contributed by atoms with Gasteiger partial charge >= 0.3 is 0 Å². The lowest BCUT2D eigenvalue weighted by atomic mass is 9.91. The van der Waals surface area contributed by atoms with Crippen molar-refractivity contribution in [3.63, 3.8) is 0 Å². The molecule has 0 aliphatic carbocycles. The third kappa shape index (κ3) is 12.2. The van der Waals surface area contributed by atoms with Gasteiger partial charge in [-0.25, -0.2) is 0 Å². The summed E-state index contributed by atoms with van der Waals surface area (Å²) in [5, 5.41) is 8.98. The molecule has 5 N–H and O–H groups in total. The fourth-order valence-corrected chi connectivity index (χ4v) is 5.78. The van der Waals surface area contributed by atoms with Gasteiger partial charge in [0.05, 0.1) is 0 Å². The Morgan fingerprint density at radius 1 is 0.755 bits per heavy atom. The van der Waals surface area contributed by atoms with Crippen molar-refractivity contribution in [2.24, 2.45) is 17.6 Å². The van der Waals surface area contributed by atoms with Crippen molar-refractivity contribution in [3.8, 4) is 0 Å². The van der Waals surface area contributed by atoms with Gasteiger partial charge in [-0.05, 0) is 67.9 Å². The number of amides is 4. The number of nitrogens with two attached hydrogens (primary N) is 1. The third-order valence-corrected chi connectivity index (χ3v) is 8.69. The van der Waals surface area contributed by atoms with Crippen LogP contribution in [0.1, 0.15) is 91.3 Å². The maximum absolute atomic E-state index is 13.7. The van der Waals surface area contributed by atoms with Crippen LogP contribution in [0.15, 0.2) is 78.9 Å². The molecule has 0 saturated carbocycles. The molecule has 0 aromatic heterocycles. The van der Waals surface area contributed by atoms with Gasteiger partial charge in [0.25, 0.3) is 11.8 Å². The van der Waals surface area contributed by atoms with Crippen LogP contribution < -0.4 is 21.7 Å². The average Bonchev–Trinajstić information content (AvgIpc) is 3.09. The van der Waals surface area contributed by atoms with Gasteiger partial charge in [0, 0.05) is 48.8 Å². The maximum Gasteiger partial charge on any atom is 0.253 e. The zero-order valence-electron chi connectivity index (χ0n) is 30.0. The van der Waals surface area contributed by atoms with Crippen LogP contribution in [-0.2, 0) is 22.6 Å². The molecule has 9 nitrogen and oxygen atoms in total. The molecule has 0 spiro atoms. The van der Waals surface area contributed by atoms with E-state index in [9.17, 15) is 19.2 Å². The Morgan fingerprint density at radius 2 is 1.39 bits per heavy atom. The van der Waals surface area contributed by atoms with Crippen LogP contribution in [0.2, 0.25) is 0 Å². The highest BCUT2D eigenvalue weighted by Gasteiger charge is 2.29. The molecule has 0 aliphatic heterocycles. The van der Waals surface area contributed by atoms with Gasteiger partial charge < -0.3 is 26.6 Å². The summed E-state index contributed by atoms with van der Waals surface area (Å²) in [7, 11) is 0. The minimum Gasteiger partial charge on any atom is -0.350 e. The van der Waals surface area contributed by atoms with E-state index < -0.39 is 24.0 Å². The van der Waals surface area contributed by atoms with Crippen LogP contribution in [0.25, 0.3) is 0 Å². The number of nitrogens with zero attached hydrogens (tertiary/aromatic N) is 1. The fourth-order valence-electron chi connectivity index (χ4n) is 5.78. The first-order valence-corrected chi connectivity index (χ1v) is 17.6. The number of aryl methyl sites for hydroxylation is 1. The molecule has 3 aromatic carbocycles. The van der Waals surface area contributed by atoms with E-state index >= 15 is 0 Å². The molecule has 0 bridgehead atoms. The number of carbonyl (C=O) groups is 4. The van der Waals surface area contributed by atoms with Gasteiger partial charge in [-0.15, -0.1) is 0 Å². The Labute approximate surface area is 292 Å². The smallest absolute Gasteiger partial charge is 0.253 e. The summed E-state index contributed by atoms with van der Waals surface area (Å²) in [5.41, 5.74) is 10.7. The zero-order chi connectivity index (χ0) is 35.9. The molecule has 4 amide bonds. The van der Waals surface area contributed by atoms with Crippen molar-refractivity contribution in [1.29, 1.82) is 0 Å². The Bertz CT molecular complexity index is 1500. The number of carbonyl (C=O) groups excluding carboxylic acids is 4. The Kier molecular flexibility index (Phi) is 15.5. The number of nitrogens with one attached hydrogen (secondary N) is 3. The second-order valence-corrected chi connectivity index (χ2v) is 13.4. The molecule has 3 rings (SSSR count). The molecule has 0 unspecified atom stereocenters. The highest BCUT2D eigenvalue weighted by atomic mass is 16.2. The van der Waals surface area contributed by atoms with Crippen LogP contribution in [0.5, 0.6) is 0 Å². The predicted molar refractivity (Wildman–Crippen MR) is 196 cm³/mol. The summed E-state index contributed by atoms with van der Waals surface area (Å²) in [5.74, 6) is -1.63. The second-order valence-electron chi connectivity index (χ2n) is 13.4. The number of hydrogen-bond donors (Lipinski definition) is 4. The zero-order valence-corrected chi connectivity index (χ0v) is 30.0. The van der Waals surface area contributed by atoms with Crippen LogP contribution in [0.4, 0.5) is 0 Å². The lowest BCUT2D eigenvalue weighted by molar-refractivity contribution is -0.132. The number of rotatable bonds is 18. The fraction of sp³-hybridized carbons (Fsp3) is 0.450. The van der Waals surface area contributed by atoms with Crippen molar-refractivity contribution in [1.82, 2.24) is 20.9 Å². The van der Waals surface area contributed by atoms with Crippen LogP contribution in [0.3, 0.4) is 0 Å². The topological polar surface area (TPSA) is 134 Å².